The lowest BCUT2D eigenvalue weighted by atomic mass is 10.1. The van der Waals surface area contributed by atoms with Gasteiger partial charge in [-0.2, -0.15) is 0 Å². The fourth-order valence-electron chi connectivity index (χ4n) is 2.79. The normalized spacial score (nSPS) is 17.4. The zero-order chi connectivity index (χ0) is 16.4. The standard InChI is InChI=1S/C17H18N2O3S/c1-11-15(16(20)19-8-7-13(10-19)17(21)22)23-14(18-11)9-12-5-3-2-4-6-12/h2-6,13H,7-10H2,1H3,(H,21,22). The Bertz CT molecular complexity index is 727. The Morgan fingerprint density at radius 2 is 2.09 bits per heavy atom. The monoisotopic (exact) mass is 330 g/mol. The van der Waals surface area contributed by atoms with E-state index in [2.05, 4.69) is 4.98 Å². The van der Waals surface area contributed by atoms with Gasteiger partial charge in [0.1, 0.15) is 4.88 Å². The predicted octanol–water partition coefficient (Wildman–Crippen LogP) is 2.59. The molecule has 2 heterocycles. The molecule has 1 aliphatic rings. The number of benzene rings is 1. The van der Waals surface area contributed by atoms with Crippen LogP contribution in [0.1, 0.15) is 32.4 Å². The summed E-state index contributed by atoms with van der Waals surface area (Å²) in [4.78, 5) is 30.4. The van der Waals surface area contributed by atoms with Crippen molar-refractivity contribution in [3.8, 4) is 0 Å². The van der Waals surface area contributed by atoms with Gasteiger partial charge in [0.25, 0.3) is 5.91 Å². The topological polar surface area (TPSA) is 70.5 Å². The van der Waals surface area contributed by atoms with Crippen LogP contribution in [0.3, 0.4) is 0 Å². The zero-order valence-electron chi connectivity index (χ0n) is 12.9. The molecule has 1 atom stereocenters. The van der Waals surface area contributed by atoms with E-state index in [4.69, 9.17) is 5.11 Å². The molecular formula is C17H18N2O3S. The molecule has 1 aliphatic heterocycles. The number of carboxylic acid groups (broad SMARTS) is 1. The van der Waals surface area contributed by atoms with Crippen molar-refractivity contribution in [3.63, 3.8) is 0 Å². The Labute approximate surface area is 138 Å². The van der Waals surface area contributed by atoms with Crippen LogP contribution in [-0.4, -0.2) is 40.0 Å². The summed E-state index contributed by atoms with van der Waals surface area (Å²) >= 11 is 1.41. The Hall–Kier alpha value is -2.21. The molecule has 1 aromatic heterocycles. The van der Waals surface area contributed by atoms with E-state index >= 15 is 0 Å². The van der Waals surface area contributed by atoms with E-state index in [1.54, 1.807) is 4.90 Å². The third-order valence-electron chi connectivity index (χ3n) is 4.06. The quantitative estimate of drug-likeness (QED) is 0.935. The van der Waals surface area contributed by atoms with Crippen molar-refractivity contribution in [2.24, 2.45) is 5.92 Å². The molecule has 1 amide bonds. The number of carboxylic acids is 1. The molecule has 2 aromatic rings. The van der Waals surface area contributed by atoms with Crippen LogP contribution >= 0.6 is 11.3 Å². The van der Waals surface area contributed by atoms with E-state index in [1.807, 2.05) is 37.3 Å². The molecule has 0 aliphatic carbocycles. The largest absolute Gasteiger partial charge is 0.481 e. The van der Waals surface area contributed by atoms with Crippen LogP contribution in [0.2, 0.25) is 0 Å². The Morgan fingerprint density at radius 1 is 1.35 bits per heavy atom. The maximum absolute atomic E-state index is 12.6. The second-order valence-electron chi connectivity index (χ2n) is 5.76. The maximum atomic E-state index is 12.6. The number of hydrogen-bond donors (Lipinski definition) is 1. The number of aryl methyl sites for hydroxylation is 1. The van der Waals surface area contributed by atoms with Crippen LogP contribution < -0.4 is 0 Å². The Kier molecular flexibility index (Phi) is 4.43. The summed E-state index contributed by atoms with van der Waals surface area (Å²) in [5, 5.41) is 9.97. The summed E-state index contributed by atoms with van der Waals surface area (Å²) < 4.78 is 0. The molecule has 0 bridgehead atoms. The number of thiazole rings is 1. The fraction of sp³-hybridized carbons (Fsp3) is 0.353. The molecule has 1 unspecified atom stereocenters. The van der Waals surface area contributed by atoms with Gasteiger partial charge in [0.05, 0.1) is 16.6 Å². The first kappa shape index (κ1) is 15.7. The van der Waals surface area contributed by atoms with Gasteiger partial charge in [-0.1, -0.05) is 30.3 Å². The number of hydrogen-bond acceptors (Lipinski definition) is 4. The van der Waals surface area contributed by atoms with E-state index in [9.17, 15) is 9.59 Å². The summed E-state index contributed by atoms with van der Waals surface area (Å²) in [6, 6.07) is 10.0. The lowest BCUT2D eigenvalue weighted by Crippen LogP contribution is -2.29. The predicted molar refractivity (Wildman–Crippen MR) is 87.7 cm³/mol. The molecule has 0 radical (unpaired) electrons. The van der Waals surface area contributed by atoms with Gasteiger partial charge in [-0.05, 0) is 18.9 Å². The number of nitrogens with zero attached hydrogens (tertiary/aromatic N) is 2. The zero-order valence-corrected chi connectivity index (χ0v) is 13.7. The van der Waals surface area contributed by atoms with E-state index < -0.39 is 11.9 Å². The lowest BCUT2D eigenvalue weighted by Gasteiger charge is -2.14. The highest BCUT2D eigenvalue weighted by molar-refractivity contribution is 7.13. The Balaban J connectivity index is 1.73. The molecule has 1 fully saturated rings. The van der Waals surface area contributed by atoms with E-state index in [0.717, 1.165) is 16.3 Å². The van der Waals surface area contributed by atoms with Crippen LogP contribution in [0.25, 0.3) is 0 Å². The molecule has 1 N–H and O–H groups in total. The van der Waals surface area contributed by atoms with Crippen molar-refractivity contribution in [2.45, 2.75) is 19.8 Å². The highest BCUT2D eigenvalue weighted by atomic mass is 32.1. The number of aliphatic carboxylic acids is 1. The molecule has 0 saturated carbocycles. The number of amides is 1. The van der Waals surface area contributed by atoms with Gasteiger partial charge >= 0.3 is 5.97 Å². The van der Waals surface area contributed by atoms with Crippen LogP contribution in [-0.2, 0) is 11.2 Å². The van der Waals surface area contributed by atoms with Gasteiger partial charge < -0.3 is 10.0 Å². The first-order valence-electron chi connectivity index (χ1n) is 7.57. The summed E-state index contributed by atoms with van der Waals surface area (Å²) in [6.07, 6.45) is 1.23. The summed E-state index contributed by atoms with van der Waals surface area (Å²) in [7, 11) is 0. The van der Waals surface area contributed by atoms with Crippen molar-refractivity contribution in [1.82, 2.24) is 9.88 Å². The van der Waals surface area contributed by atoms with Crippen LogP contribution in [0, 0.1) is 12.8 Å². The second-order valence-corrected chi connectivity index (χ2v) is 6.84. The minimum absolute atomic E-state index is 0.0944. The van der Waals surface area contributed by atoms with Crippen molar-refractivity contribution >= 4 is 23.2 Å². The molecule has 120 valence electrons. The van der Waals surface area contributed by atoms with Crippen molar-refractivity contribution < 1.29 is 14.7 Å². The summed E-state index contributed by atoms with van der Waals surface area (Å²) in [5.74, 6) is -1.37. The molecule has 0 spiro atoms. The van der Waals surface area contributed by atoms with Crippen LogP contribution in [0.5, 0.6) is 0 Å². The first-order chi connectivity index (χ1) is 11.0. The average molecular weight is 330 g/mol. The fourth-order valence-corrected chi connectivity index (χ4v) is 3.85. The minimum Gasteiger partial charge on any atom is -0.481 e. The number of carbonyl (C=O) groups excluding carboxylic acids is 1. The summed E-state index contributed by atoms with van der Waals surface area (Å²) in [5.41, 5.74) is 1.89. The van der Waals surface area contributed by atoms with Gasteiger partial charge in [-0.3, -0.25) is 9.59 Å². The SMILES string of the molecule is Cc1nc(Cc2ccccc2)sc1C(=O)N1CCC(C(=O)O)C1. The molecule has 1 aromatic carbocycles. The van der Waals surface area contributed by atoms with E-state index in [1.165, 1.54) is 11.3 Å². The van der Waals surface area contributed by atoms with E-state index in [-0.39, 0.29) is 5.91 Å². The number of rotatable bonds is 4. The Morgan fingerprint density at radius 3 is 2.74 bits per heavy atom. The first-order valence-corrected chi connectivity index (χ1v) is 8.38. The summed E-state index contributed by atoms with van der Waals surface area (Å²) in [6.45, 7) is 2.63. The number of likely N-dealkylation sites (tertiary alicyclic amines) is 1. The van der Waals surface area contributed by atoms with Crippen molar-refractivity contribution in [1.29, 1.82) is 0 Å². The van der Waals surface area contributed by atoms with Gasteiger partial charge in [0.2, 0.25) is 0 Å². The minimum atomic E-state index is -0.828. The smallest absolute Gasteiger partial charge is 0.308 e. The molecule has 6 heteroatoms. The lowest BCUT2D eigenvalue weighted by molar-refractivity contribution is -0.141. The number of aromatic nitrogens is 1. The molecule has 23 heavy (non-hydrogen) atoms. The van der Waals surface area contributed by atoms with Crippen LogP contribution in [0.15, 0.2) is 30.3 Å². The van der Waals surface area contributed by atoms with Crippen molar-refractivity contribution in [3.05, 3.63) is 51.5 Å². The van der Waals surface area contributed by atoms with Gasteiger partial charge in [-0.15, -0.1) is 11.3 Å². The molecule has 3 rings (SSSR count). The maximum Gasteiger partial charge on any atom is 0.308 e. The van der Waals surface area contributed by atoms with Crippen LogP contribution in [0.4, 0.5) is 0 Å². The average Bonchev–Trinajstić information content (AvgIpc) is 3.15. The molecular weight excluding hydrogens is 312 g/mol. The van der Waals surface area contributed by atoms with E-state index in [0.29, 0.717) is 30.8 Å². The van der Waals surface area contributed by atoms with Gasteiger partial charge in [-0.25, -0.2) is 4.98 Å². The third-order valence-corrected chi connectivity index (χ3v) is 5.20. The number of carbonyl (C=O) groups is 2. The van der Waals surface area contributed by atoms with Crippen molar-refractivity contribution in [2.75, 3.05) is 13.1 Å². The second kappa shape index (κ2) is 6.50. The highest BCUT2D eigenvalue weighted by Crippen LogP contribution is 2.25. The van der Waals surface area contributed by atoms with Gasteiger partial charge in [0, 0.05) is 19.5 Å². The third kappa shape index (κ3) is 3.42. The molecule has 1 saturated heterocycles. The van der Waals surface area contributed by atoms with Gasteiger partial charge in [0.15, 0.2) is 0 Å². The highest BCUT2D eigenvalue weighted by Gasteiger charge is 2.32. The molecule has 5 nitrogen and oxygen atoms in total.